The molecule has 4 heteroatoms. The molecule has 1 N–H and O–H groups in total. The third-order valence-electron chi connectivity index (χ3n) is 3.73. The summed E-state index contributed by atoms with van der Waals surface area (Å²) < 4.78 is 1.05. The molecule has 0 heterocycles. The minimum Gasteiger partial charge on any atom is -1.00 e. The van der Waals surface area contributed by atoms with E-state index in [9.17, 15) is 4.79 Å². The molecule has 0 saturated carbocycles. The van der Waals surface area contributed by atoms with Crippen LogP contribution in [0.15, 0.2) is 12.2 Å². The van der Waals surface area contributed by atoms with Gasteiger partial charge in [0.15, 0.2) is 0 Å². The summed E-state index contributed by atoms with van der Waals surface area (Å²) in [6.45, 7) is 10.7. The monoisotopic (exact) mass is 362 g/mol. The van der Waals surface area contributed by atoms with Gasteiger partial charge >= 0.3 is 0 Å². The number of halogens is 1. The lowest BCUT2D eigenvalue weighted by molar-refractivity contribution is -0.890. The molecule has 0 fully saturated rings. The minimum absolute atomic E-state index is 0. The van der Waals surface area contributed by atoms with Gasteiger partial charge in [-0.2, -0.15) is 0 Å². The second-order valence-electron chi connectivity index (χ2n) is 6.54. The van der Waals surface area contributed by atoms with Gasteiger partial charge in [-0.15, -0.1) is 0 Å². The molecular formula is C17H35BrN2O. The fraction of sp³-hybridized carbons (Fsp3) is 0.824. The normalized spacial score (nSPS) is 10.9. The van der Waals surface area contributed by atoms with Crippen molar-refractivity contribution in [3.63, 3.8) is 0 Å². The third kappa shape index (κ3) is 14.4. The molecule has 126 valence electrons. The predicted octanol–water partition coefficient (Wildman–Crippen LogP) is 0.510. The van der Waals surface area contributed by atoms with E-state index in [4.69, 9.17) is 0 Å². The molecule has 0 unspecified atom stereocenters. The molecule has 0 radical (unpaired) electrons. The lowest BCUT2D eigenvalue weighted by Crippen LogP contribution is -3.00. The summed E-state index contributed by atoms with van der Waals surface area (Å²) in [7, 11) is 4.57. The number of unbranched alkanes of at least 4 members (excludes halogenated alkanes) is 5. The van der Waals surface area contributed by atoms with Gasteiger partial charge in [-0.05, 0) is 19.8 Å². The van der Waals surface area contributed by atoms with E-state index in [0.29, 0.717) is 5.57 Å². The highest BCUT2D eigenvalue weighted by atomic mass is 79.9. The van der Waals surface area contributed by atoms with Gasteiger partial charge < -0.3 is 26.8 Å². The fourth-order valence-corrected chi connectivity index (χ4v) is 2.29. The number of nitrogens with one attached hydrogen (secondary N) is 1. The molecule has 0 aliphatic carbocycles. The number of carbonyl (C=O) groups excluding carboxylic acids is 1. The molecular weight excluding hydrogens is 328 g/mol. The Kier molecular flexibility index (Phi) is 14.5. The molecule has 0 saturated heterocycles. The summed E-state index contributed by atoms with van der Waals surface area (Å²) in [6.07, 6.45) is 9.16. The van der Waals surface area contributed by atoms with Gasteiger partial charge in [0.2, 0.25) is 5.91 Å². The third-order valence-corrected chi connectivity index (χ3v) is 3.73. The van der Waals surface area contributed by atoms with E-state index in [1.165, 1.54) is 45.1 Å². The summed E-state index contributed by atoms with van der Waals surface area (Å²) >= 11 is 0. The summed E-state index contributed by atoms with van der Waals surface area (Å²) in [5, 5.41) is 2.90. The maximum Gasteiger partial charge on any atom is 0.246 e. The van der Waals surface area contributed by atoms with Crippen molar-refractivity contribution >= 4 is 5.91 Å². The van der Waals surface area contributed by atoms with Crippen LogP contribution in [0.1, 0.15) is 58.8 Å². The standard InChI is InChI=1S/C17H34N2O.BrH/c1-6-7-8-9-10-11-14-19(4,5)15-12-13-18-17(20)16(2)3;/h2,6-15H2,1,3-5H3;1H. The van der Waals surface area contributed by atoms with E-state index < -0.39 is 0 Å². The first kappa shape index (κ1) is 22.9. The van der Waals surface area contributed by atoms with Crippen molar-refractivity contribution in [1.82, 2.24) is 5.32 Å². The Morgan fingerprint density at radius 1 is 1.00 bits per heavy atom. The van der Waals surface area contributed by atoms with Crippen LogP contribution in [0.25, 0.3) is 0 Å². The molecule has 0 spiro atoms. The number of hydrogen-bond donors (Lipinski definition) is 1. The van der Waals surface area contributed by atoms with E-state index in [0.717, 1.165) is 24.0 Å². The lowest BCUT2D eigenvalue weighted by atomic mass is 10.1. The van der Waals surface area contributed by atoms with E-state index in [-0.39, 0.29) is 22.9 Å². The van der Waals surface area contributed by atoms with Crippen molar-refractivity contribution in [2.45, 2.75) is 58.8 Å². The van der Waals surface area contributed by atoms with Crippen molar-refractivity contribution in [2.75, 3.05) is 33.7 Å². The second-order valence-corrected chi connectivity index (χ2v) is 6.54. The molecule has 3 nitrogen and oxygen atoms in total. The molecule has 0 aromatic rings. The number of quaternary nitrogens is 1. The highest BCUT2D eigenvalue weighted by Gasteiger charge is 2.13. The van der Waals surface area contributed by atoms with Gasteiger partial charge in [0, 0.05) is 18.5 Å². The van der Waals surface area contributed by atoms with Crippen LogP contribution in [-0.2, 0) is 4.79 Å². The summed E-state index contributed by atoms with van der Waals surface area (Å²) in [5.41, 5.74) is 0.589. The number of hydrogen-bond acceptors (Lipinski definition) is 1. The Balaban J connectivity index is 0. The molecule has 0 aromatic heterocycles. The predicted molar refractivity (Wildman–Crippen MR) is 87.7 cm³/mol. The molecule has 0 rings (SSSR count). The zero-order chi connectivity index (χ0) is 15.4. The van der Waals surface area contributed by atoms with Crippen molar-refractivity contribution in [2.24, 2.45) is 0 Å². The van der Waals surface area contributed by atoms with Crippen molar-refractivity contribution in [1.29, 1.82) is 0 Å². The van der Waals surface area contributed by atoms with E-state index in [1.54, 1.807) is 6.92 Å². The quantitative estimate of drug-likeness (QED) is 0.306. The van der Waals surface area contributed by atoms with Gasteiger partial charge in [-0.25, -0.2) is 0 Å². The largest absolute Gasteiger partial charge is 1.00 e. The van der Waals surface area contributed by atoms with Crippen molar-refractivity contribution in [3.05, 3.63) is 12.2 Å². The average Bonchev–Trinajstić information content (AvgIpc) is 2.38. The smallest absolute Gasteiger partial charge is 0.246 e. The van der Waals surface area contributed by atoms with Crippen LogP contribution < -0.4 is 22.3 Å². The van der Waals surface area contributed by atoms with Crippen LogP contribution in [0.2, 0.25) is 0 Å². The number of nitrogens with zero attached hydrogens (tertiary/aromatic N) is 1. The first-order chi connectivity index (χ1) is 9.39. The minimum atomic E-state index is -0.0220. The molecule has 21 heavy (non-hydrogen) atoms. The van der Waals surface area contributed by atoms with Crippen LogP contribution >= 0.6 is 0 Å². The molecule has 0 aliphatic rings. The Hall–Kier alpha value is -0.350. The second kappa shape index (κ2) is 13.3. The first-order valence-corrected chi connectivity index (χ1v) is 8.15. The first-order valence-electron chi connectivity index (χ1n) is 8.15. The van der Waals surface area contributed by atoms with Gasteiger partial charge in [0.1, 0.15) is 0 Å². The van der Waals surface area contributed by atoms with Gasteiger partial charge in [-0.1, -0.05) is 39.2 Å². The molecule has 0 bridgehead atoms. The van der Waals surface area contributed by atoms with Crippen LogP contribution in [0.5, 0.6) is 0 Å². The zero-order valence-corrected chi connectivity index (χ0v) is 16.1. The van der Waals surface area contributed by atoms with E-state index >= 15 is 0 Å². The number of amides is 1. The molecule has 1 amide bonds. The maximum absolute atomic E-state index is 11.3. The average molecular weight is 363 g/mol. The highest BCUT2D eigenvalue weighted by molar-refractivity contribution is 5.91. The molecule has 0 aliphatic heterocycles. The van der Waals surface area contributed by atoms with Gasteiger partial charge in [-0.3, -0.25) is 4.79 Å². The van der Waals surface area contributed by atoms with Crippen LogP contribution in [-0.4, -0.2) is 44.1 Å². The molecule has 0 atom stereocenters. The fourth-order valence-electron chi connectivity index (χ4n) is 2.29. The van der Waals surface area contributed by atoms with Crippen LogP contribution in [0.3, 0.4) is 0 Å². The summed E-state index contributed by atoms with van der Waals surface area (Å²) in [6, 6.07) is 0. The Morgan fingerprint density at radius 2 is 1.52 bits per heavy atom. The summed E-state index contributed by atoms with van der Waals surface area (Å²) in [5.74, 6) is -0.0220. The van der Waals surface area contributed by atoms with E-state index in [1.807, 2.05) is 0 Å². The van der Waals surface area contributed by atoms with Gasteiger partial charge in [0.05, 0.1) is 27.2 Å². The number of carbonyl (C=O) groups is 1. The highest BCUT2D eigenvalue weighted by Crippen LogP contribution is 2.08. The SMILES string of the molecule is C=C(C)C(=O)NCCC[N+](C)(C)CCCCCCCC.[Br-]. The zero-order valence-electron chi connectivity index (χ0n) is 14.5. The van der Waals surface area contributed by atoms with Crippen molar-refractivity contribution in [3.8, 4) is 0 Å². The maximum atomic E-state index is 11.3. The lowest BCUT2D eigenvalue weighted by Gasteiger charge is -2.30. The topological polar surface area (TPSA) is 29.1 Å². The van der Waals surface area contributed by atoms with Crippen molar-refractivity contribution < 1.29 is 26.3 Å². The molecule has 0 aromatic carbocycles. The number of rotatable bonds is 12. The van der Waals surface area contributed by atoms with E-state index in [2.05, 4.69) is 32.9 Å². The Bertz CT molecular complexity index is 291. The Morgan fingerprint density at radius 3 is 2.10 bits per heavy atom. The van der Waals surface area contributed by atoms with Crippen LogP contribution in [0, 0.1) is 0 Å². The van der Waals surface area contributed by atoms with Gasteiger partial charge in [0.25, 0.3) is 0 Å². The van der Waals surface area contributed by atoms with Crippen LogP contribution in [0.4, 0.5) is 0 Å². The Labute approximate surface area is 142 Å². The summed E-state index contributed by atoms with van der Waals surface area (Å²) in [4.78, 5) is 11.3.